The molecule has 1 N–H and O–H groups in total. The van der Waals surface area contributed by atoms with E-state index in [4.69, 9.17) is 0 Å². The summed E-state index contributed by atoms with van der Waals surface area (Å²) in [5.41, 5.74) is 2.10. The van der Waals surface area contributed by atoms with Crippen molar-refractivity contribution in [2.75, 3.05) is 13.1 Å². The largest absolute Gasteiger partial charge is 0.355 e. The van der Waals surface area contributed by atoms with Gasteiger partial charge in [0.25, 0.3) is 5.56 Å². The average molecular weight is 311 g/mol. The van der Waals surface area contributed by atoms with Crippen LogP contribution in [0.15, 0.2) is 53.5 Å². The third-order valence-electron chi connectivity index (χ3n) is 4.28. The van der Waals surface area contributed by atoms with Crippen molar-refractivity contribution in [2.45, 2.75) is 19.0 Å². The number of nitrogens with zero attached hydrogens (tertiary/aromatic N) is 2. The number of nitrogens with one attached hydrogen (secondary N) is 1. The number of carbonyl (C=O) groups excluding carboxylic acids is 1. The molecule has 0 saturated carbocycles. The van der Waals surface area contributed by atoms with E-state index >= 15 is 0 Å². The first-order valence-electron chi connectivity index (χ1n) is 7.85. The van der Waals surface area contributed by atoms with Gasteiger partial charge >= 0.3 is 0 Å². The van der Waals surface area contributed by atoms with E-state index in [2.05, 4.69) is 22.3 Å². The van der Waals surface area contributed by atoms with Gasteiger partial charge in [-0.15, -0.1) is 0 Å². The lowest BCUT2D eigenvalue weighted by Gasteiger charge is -2.29. The number of hydrogen-bond acceptors (Lipinski definition) is 3. The Hall–Kier alpha value is -2.40. The molecule has 0 unspecified atom stereocenters. The van der Waals surface area contributed by atoms with Crippen LogP contribution in [-0.4, -0.2) is 28.5 Å². The second kappa shape index (κ2) is 6.79. The number of aromatic nitrogens is 1. The Morgan fingerprint density at radius 3 is 2.70 bits per heavy atom. The summed E-state index contributed by atoms with van der Waals surface area (Å²) in [6, 6.07) is 13.7. The van der Waals surface area contributed by atoms with Gasteiger partial charge in [-0.2, -0.15) is 0 Å². The van der Waals surface area contributed by atoms with Crippen LogP contribution in [0.2, 0.25) is 0 Å². The van der Waals surface area contributed by atoms with Gasteiger partial charge in [-0.25, -0.2) is 0 Å². The van der Waals surface area contributed by atoms with Crippen molar-refractivity contribution in [2.24, 2.45) is 7.05 Å². The maximum atomic E-state index is 12.0. The zero-order valence-electron chi connectivity index (χ0n) is 13.2. The molecular weight excluding hydrogens is 290 g/mol. The fraction of sp³-hybridized carbons (Fsp3) is 0.333. The number of pyridine rings is 1. The first kappa shape index (κ1) is 15.5. The fourth-order valence-electron chi connectivity index (χ4n) is 2.99. The van der Waals surface area contributed by atoms with E-state index in [9.17, 15) is 9.59 Å². The van der Waals surface area contributed by atoms with E-state index in [-0.39, 0.29) is 17.5 Å². The molecule has 23 heavy (non-hydrogen) atoms. The molecule has 1 aromatic heterocycles. The molecule has 0 radical (unpaired) electrons. The van der Waals surface area contributed by atoms with Crippen molar-refractivity contribution in [3.8, 4) is 0 Å². The van der Waals surface area contributed by atoms with Gasteiger partial charge in [0.2, 0.25) is 5.91 Å². The van der Waals surface area contributed by atoms with Crippen LogP contribution in [0.5, 0.6) is 0 Å². The quantitative estimate of drug-likeness (QED) is 0.933. The van der Waals surface area contributed by atoms with Crippen LogP contribution in [0, 0.1) is 0 Å². The molecule has 0 bridgehead atoms. The monoisotopic (exact) mass is 311 g/mol. The molecule has 5 heteroatoms. The number of amides is 1. The summed E-state index contributed by atoms with van der Waals surface area (Å²) in [5, 5.41) is 2.93. The molecule has 0 aliphatic carbocycles. The molecular formula is C18H21N3O2. The van der Waals surface area contributed by atoms with Crippen LogP contribution in [-0.2, 0) is 18.4 Å². The SMILES string of the molecule is Cn1ccc(CN2CCNC(=O)C[C@@H]2c2ccccc2)cc1=O. The van der Waals surface area contributed by atoms with Crippen LogP contribution < -0.4 is 10.9 Å². The molecule has 1 fully saturated rings. The van der Waals surface area contributed by atoms with Crippen molar-refractivity contribution >= 4 is 5.91 Å². The normalized spacial score (nSPS) is 19.2. The van der Waals surface area contributed by atoms with Crippen molar-refractivity contribution < 1.29 is 4.79 Å². The van der Waals surface area contributed by atoms with Crippen molar-refractivity contribution in [1.82, 2.24) is 14.8 Å². The van der Waals surface area contributed by atoms with Crippen molar-refractivity contribution in [1.29, 1.82) is 0 Å². The molecule has 5 nitrogen and oxygen atoms in total. The third-order valence-corrected chi connectivity index (χ3v) is 4.28. The van der Waals surface area contributed by atoms with E-state index < -0.39 is 0 Å². The van der Waals surface area contributed by atoms with Gasteiger partial charge in [-0.1, -0.05) is 30.3 Å². The molecule has 2 heterocycles. The lowest BCUT2D eigenvalue weighted by Crippen LogP contribution is -2.31. The molecule has 0 spiro atoms. The number of carbonyl (C=O) groups is 1. The van der Waals surface area contributed by atoms with Gasteiger partial charge in [-0.3, -0.25) is 14.5 Å². The summed E-state index contributed by atoms with van der Waals surface area (Å²) in [6.45, 7) is 2.05. The minimum Gasteiger partial charge on any atom is -0.355 e. The average Bonchev–Trinajstić information content (AvgIpc) is 2.73. The predicted octanol–water partition coefficient (Wildman–Crippen LogP) is 1.45. The minimum atomic E-state index is -0.0113. The fourth-order valence-corrected chi connectivity index (χ4v) is 2.99. The predicted molar refractivity (Wildman–Crippen MR) is 88.9 cm³/mol. The zero-order chi connectivity index (χ0) is 16.2. The number of rotatable bonds is 3. The molecule has 1 amide bonds. The molecule has 3 rings (SSSR count). The second-order valence-electron chi connectivity index (χ2n) is 5.94. The van der Waals surface area contributed by atoms with Gasteiger partial charge < -0.3 is 9.88 Å². The maximum absolute atomic E-state index is 12.0. The standard InChI is InChI=1S/C18H21N3O2/c1-20-9-7-14(11-18(20)23)13-21-10-8-19-17(22)12-16(21)15-5-3-2-4-6-15/h2-7,9,11,16H,8,10,12-13H2,1H3,(H,19,22)/t16-/m1/s1. The highest BCUT2D eigenvalue weighted by Crippen LogP contribution is 2.26. The Kier molecular flexibility index (Phi) is 4.57. The molecule has 1 saturated heterocycles. The molecule has 1 aliphatic rings. The van der Waals surface area contributed by atoms with Crippen LogP contribution in [0.4, 0.5) is 0 Å². The number of hydrogen-bond donors (Lipinski definition) is 1. The van der Waals surface area contributed by atoms with Crippen LogP contribution in [0.3, 0.4) is 0 Å². The van der Waals surface area contributed by atoms with E-state index in [1.165, 1.54) is 0 Å². The molecule has 2 aromatic rings. The van der Waals surface area contributed by atoms with Gasteiger partial charge in [0.15, 0.2) is 0 Å². The first-order chi connectivity index (χ1) is 11.1. The summed E-state index contributed by atoms with van der Waals surface area (Å²) in [4.78, 5) is 26.1. The molecule has 1 aromatic carbocycles. The van der Waals surface area contributed by atoms with E-state index in [1.54, 1.807) is 23.9 Å². The lowest BCUT2D eigenvalue weighted by molar-refractivity contribution is -0.121. The summed E-state index contributed by atoms with van der Waals surface area (Å²) >= 11 is 0. The first-order valence-corrected chi connectivity index (χ1v) is 7.85. The molecule has 1 aliphatic heterocycles. The Labute approximate surface area is 135 Å². The van der Waals surface area contributed by atoms with Crippen molar-refractivity contribution in [3.05, 3.63) is 70.1 Å². The van der Waals surface area contributed by atoms with Gasteiger partial charge in [0.05, 0.1) is 0 Å². The van der Waals surface area contributed by atoms with Crippen molar-refractivity contribution in [3.63, 3.8) is 0 Å². The van der Waals surface area contributed by atoms with E-state index in [0.717, 1.165) is 17.7 Å². The molecule has 120 valence electrons. The maximum Gasteiger partial charge on any atom is 0.250 e. The second-order valence-corrected chi connectivity index (χ2v) is 5.94. The third kappa shape index (κ3) is 3.68. The minimum absolute atomic E-state index is 0.0113. The van der Waals surface area contributed by atoms with E-state index in [0.29, 0.717) is 19.5 Å². The molecule has 1 atom stereocenters. The van der Waals surface area contributed by atoms with Crippen LogP contribution in [0.1, 0.15) is 23.6 Å². The topological polar surface area (TPSA) is 54.3 Å². The number of benzene rings is 1. The zero-order valence-corrected chi connectivity index (χ0v) is 13.2. The summed E-state index contributed by atoms with van der Waals surface area (Å²) in [7, 11) is 1.74. The summed E-state index contributed by atoms with van der Waals surface area (Å²) in [6.07, 6.45) is 2.23. The Morgan fingerprint density at radius 1 is 1.17 bits per heavy atom. The Bertz CT molecular complexity index is 739. The Balaban J connectivity index is 1.88. The van der Waals surface area contributed by atoms with Gasteiger partial charge in [0.1, 0.15) is 0 Å². The van der Waals surface area contributed by atoms with Gasteiger partial charge in [-0.05, 0) is 17.2 Å². The highest BCUT2D eigenvalue weighted by molar-refractivity contribution is 5.77. The highest BCUT2D eigenvalue weighted by Gasteiger charge is 2.26. The summed E-state index contributed by atoms with van der Waals surface area (Å²) < 4.78 is 1.56. The Morgan fingerprint density at radius 2 is 1.96 bits per heavy atom. The van der Waals surface area contributed by atoms with Gasteiger partial charge in [0, 0.05) is 51.4 Å². The number of aryl methyl sites for hydroxylation is 1. The highest BCUT2D eigenvalue weighted by atomic mass is 16.1. The lowest BCUT2D eigenvalue weighted by atomic mass is 10.0. The summed E-state index contributed by atoms with van der Waals surface area (Å²) in [5.74, 6) is 0.0744. The van der Waals surface area contributed by atoms with Crippen LogP contribution in [0.25, 0.3) is 0 Å². The van der Waals surface area contributed by atoms with E-state index in [1.807, 2.05) is 24.3 Å². The smallest absolute Gasteiger partial charge is 0.250 e. The van der Waals surface area contributed by atoms with Crippen LogP contribution >= 0.6 is 0 Å².